The van der Waals surface area contributed by atoms with Gasteiger partial charge in [0.05, 0.1) is 5.41 Å². The average Bonchev–Trinajstić information content (AvgIpc) is 2.70. The Morgan fingerprint density at radius 2 is 1.79 bits per heavy atom. The quantitative estimate of drug-likeness (QED) is 0.519. The molecule has 1 fully saturated rings. The molecule has 0 bridgehead atoms. The number of carboxylic acids is 1. The van der Waals surface area contributed by atoms with Crippen LogP contribution >= 0.6 is 15.9 Å². The minimum absolute atomic E-state index is 0.0529. The molecule has 3 rings (SSSR count). The first-order chi connectivity index (χ1) is 13.9. The van der Waals surface area contributed by atoms with Gasteiger partial charge in [-0.15, -0.1) is 0 Å². The topological polar surface area (TPSA) is 66.4 Å². The third kappa shape index (κ3) is 5.57. The molecule has 2 aromatic rings. The number of benzene rings is 2. The van der Waals surface area contributed by atoms with Crippen molar-refractivity contribution in [3.05, 3.63) is 70.2 Å². The highest BCUT2D eigenvalue weighted by Crippen LogP contribution is 2.40. The molecule has 1 aliphatic carbocycles. The van der Waals surface area contributed by atoms with E-state index in [4.69, 9.17) is 5.11 Å². The van der Waals surface area contributed by atoms with Gasteiger partial charge in [-0.2, -0.15) is 0 Å². The van der Waals surface area contributed by atoms with Gasteiger partial charge in [0.2, 0.25) is 5.91 Å². The third-order valence-corrected chi connectivity index (χ3v) is 6.19. The first-order valence-corrected chi connectivity index (χ1v) is 10.7. The smallest absolute Gasteiger partial charge is 0.328 e. The van der Waals surface area contributed by atoms with Crippen molar-refractivity contribution >= 4 is 39.1 Å². The van der Waals surface area contributed by atoms with Crippen molar-refractivity contribution in [2.45, 2.75) is 45.4 Å². The van der Waals surface area contributed by atoms with E-state index in [1.807, 2.05) is 36.4 Å². The van der Waals surface area contributed by atoms with Gasteiger partial charge >= 0.3 is 5.97 Å². The van der Waals surface area contributed by atoms with Crippen LogP contribution in [0.3, 0.4) is 0 Å². The first-order valence-electron chi connectivity index (χ1n) is 9.96. The van der Waals surface area contributed by atoms with E-state index in [9.17, 15) is 9.59 Å². The molecule has 29 heavy (non-hydrogen) atoms. The van der Waals surface area contributed by atoms with Crippen molar-refractivity contribution in [3.63, 3.8) is 0 Å². The molecule has 0 atom stereocenters. The Kier molecular flexibility index (Phi) is 6.91. The van der Waals surface area contributed by atoms with Gasteiger partial charge in [-0.25, -0.2) is 4.79 Å². The predicted molar refractivity (Wildman–Crippen MR) is 120 cm³/mol. The summed E-state index contributed by atoms with van der Waals surface area (Å²) in [6.45, 7) is 1.76. The van der Waals surface area contributed by atoms with Crippen LogP contribution in [0.15, 0.2) is 59.1 Å². The zero-order chi connectivity index (χ0) is 20.9. The van der Waals surface area contributed by atoms with Gasteiger partial charge in [0.15, 0.2) is 0 Å². The summed E-state index contributed by atoms with van der Waals surface area (Å²) in [4.78, 5) is 24.3. The minimum atomic E-state index is -0.979. The number of halogens is 1. The normalized spacial score (nSPS) is 16.3. The molecule has 1 amide bonds. The van der Waals surface area contributed by atoms with E-state index in [1.54, 1.807) is 6.92 Å². The molecular formula is C24H26BrNO3. The summed E-state index contributed by atoms with van der Waals surface area (Å²) in [5, 5.41) is 12.1. The fraction of sp³-hybridized carbons (Fsp3) is 0.333. The number of hydrogen-bond donors (Lipinski definition) is 2. The minimum Gasteiger partial charge on any atom is -0.478 e. The lowest BCUT2D eigenvalue weighted by atomic mass is 9.69. The van der Waals surface area contributed by atoms with E-state index in [2.05, 4.69) is 33.4 Å². The van der Waals surface area contributed by atoms with Gasteiger partial charge < -0.3 is 10.4 Å². The number of allylic oxidation sites excluding steroid dienone is 1. The van der Waals surface area contributed by atoms with Crippen LogP contribution in [0.2, 0.25) is 0 Å². The Morgan fingerprint density at radius 1 is 1.10 bits per heavy atom. The molecule has 2 aromatic carbocycles. The van der Waals surface area contributed by atoms with E-state index in [-0.39, 0.29) is 5.91 Å². The second-order valence-corrected chi connectivity index (χ2v) is 8.76. The second kappa shape index (κ2) is 9.40. The zero-order valence-corrected chi connectivity index (χ0v) is 18.2. The van der Waals surface area contributed by atoms with Gasteiger partial charge in [-0.05, 0) is 67.2 Å². The van der Waals surface area contributed by atoms with Crippen LogP contribution < -0.4 is 5.32 Å². The molecule has 4 nitrogen and oxygen atoms in total. The van der Waals surface area contributed by atoms with Gasteiger partial charge in [0, 0.05) is 16.2 Å². The highest BCUT2D eigenvalue weighted by molar-refractivity contribution is 9.10. The Morgan fingerprint density at radius 3 is 2.45 bits per heavy atom. The number of hydrogen-bond acceptors (Lipinski definition) is 2. The number of carbonyl (C=O) groups excluding carboxylic acids is 1. The average molecular weight is 456 g/mol. The van der Waals surface area contributed by atoms with Crippen molar-refractivity contribution in [2.24, 2.45) is 5.41 Å². The molecule has 0 spiro atoms. The maximum Gasteiger partial charge on any atom is 0.328 e. The number of anilines is 1. The summed E-state index contributed by atoms with van der Waals surface area (Å²) < 4.78 is 1.03. The highest BCUT2D eigenvalue weighted by Gasteiger charge is 2.39. The van der Waals surface area contributed by atoms with Crippen molar-refractivity contribution in [1.29, 1.82) is 0 Å². The molecule has 2 N–H and O–H groups in total. The SMILES string of the molecule is C/C(=C/C(=O)O)c1cccc(NC(=O)C2(Cc3ccc(Br)cc3)CCCCC2)c1. The van der Waals surface area contributed by atoms with Crippen LogP contribution in [0.1, 0.15) is 50.2 Å². The molecule has 5 heteroatoms. The molecule has 0 aromatic heterocycles. The number of nitrogens with one attached hydrogen (secondary N) is 1. The van der Waals surface area contributed by atoms with Crippen molar-refractivity contribution < 1.29 is 14.7 Å². The molecule has 0 heterocycles. The van der Waals surface area contributed by atoms with Crippen LogP contribution in [0, 0.1) is 5.41 Å². The lowest BCUT2D eigenvalue weighted by Crippen LogP contribution is -2.40. The van der Waals surface area contributed by atoms with Crippen molar-refractivity contribution in [1.82, 2.24) is 0 Å². The monoisotopic (exact) mass is 455 g/mol. The molecule has 152 valence electrons. The van der Waals surface area contributed by atoms with Crippen LogP contribution in [-0.2, 0) is 16.0 Å². The lowest BCUT2D eigenvalue weighted by molar-refractivity contribution is -0.131. The Hall–Kier alpha value is -2.40. The zero-order valence-electron chi connectivity index (χ0n) is 16.6. The summed E-state index contributed by atoms with van der Waals surface area (Å²) in [7, 11) is 0. The van der Waals surface area contributed by atoms with E-state index in [0.29, 0.717) is 11.3 Å². The van der Waals surface area contributed by atoms with E-state index < -0.39 is 11.4 Å². The number of amides is 1. The van der Waals surface area contributed by atoms with Crippen molar-refractivity contribution in [3.8, 4) is 0 Å². The number of rotatable bonds is 6. The Bertz CT molecular complexity index is 912. The van der Waals surface area contributed by atoms with Crippen LogP contribution in [0.4, 0.5) is 5.69 Å². The number of carboxylic acid groups (broad SMARTS) is 1. The lowest BCUT2D eigenvalue weighted by Gasteiger charge is -2.36. The predicted octanol–water partition coefficient (Wildman–Crippen LogP) is 6.07. The van der Waals surface area contributed by atoms with Gasteiger partial charge in [0.1, 0.15) is 0 Å². The summed E-state index contributed by atoms with van der Waals surface area (Å²) in [6, 6.07) is 15.6. The summed E-state index contributed by atoms with van der Waals surface area (Å²) in [5.41, 5.74) is 2.89. The van der Waals surface area contributed by atoms with Crippen LogP contribution in [0.25, 0.3) is 5.57 Å². The fourth-order valence-corrected chi connectivity index (χ4v) is 4.34. The molecule has 1 aliphatic rings. The molecule has 0 saturated heterocycles. The molecule has 0 unspecified atom stereocenters. The summed E-state index contributed by atoms with van der Waals surface area (Å²) >= 11 is 3.47. The first kappa shape index (κ1) is 21.3. The maximum atomic E-state index is 13.4. The summed E-state index contributed by atoms with van der Waals surface area (Å²) in [6.07, 6.45) is 6.96. The largest absolute Gasteiger partial charge is 0.478 e. The standard InChI is InChI=1S/C24H26BrNO3/c1-17(14-22(27)28)19-6-5-7-21(15-19)26-23(29)24(12-3-2-4-13-24)16-18-8-10-20(25)11-9-18/h5-11,14-15H,2-4,12-13,16H2,1H3,(H,26,29)(H,27,28)/b17-14-. The van der Waals surface area contributed by atoms with Gasteiger partial charge in [-0.1, -0.05) is 59.5 Å². The Labute approximate surface area is 180 Å². The van der Waals surface area contributed by atoms with Crippen LogP contribution in [-0.4, -0.2) is 17.0 Å². The van der Waals surface area contributed by atoms with Crippen molar-refractivity contribution in [2.75, 3.05) is 5.32 Å². The molecule has 0 radical (unpaired) electrons. The second-order valence-electron chi connectivity index (χ2n) is 7.84. The molecule has 0 aliphatic heterocycles. The van der Waals surface area contributed by atoms with E-state index in [0.717, 1.165) is 42.1 Å². The third-order valence-electron chi connectivity index (χ3n) is 5.66. The summed E-state index contributed by atoms with van der Waals surface area (Å²) in [5.74, 6) is -0.926. The maximum absolute atomic E-state index is 13.4. The van der Waals surface area contributed by atoms with E-state index >= 15 is 0 Å². The van der Waals surface area contributed by atoms with Crippen LogP contribution in [0.5, 0.6) is 0 Å². The number of aliphatic carboxylic acids is 1. The molecule has 1 saturated carbocycles. The van der Waals surface area contributed by atoms with Gasteiger partial charge in [-0.3, -0.25) is 4.79 Å². The Balaban J connectivity index is 1.82. The molecular weight excluding hydrogens is 430 g/mol. The number of carbonyl (C=O) groups is 2. The highest BCUT2D eigenvalue weighted by atomic mass is 79.9. The van der Waals surface area contributed by atoms with E-state index in [1.165, 1.54) is 18.1 Å². The van der Waals surface area contributed by atoms with Gasteiger partial charge in [0.25, 0.3) is 0 Å². The fourth-order valence-electron chi connectivity index (χ4n) is 4.08.